The van der Waals surface area contributed by atoms with E-state index in [0.29, 0.717) is 16.6 Å². The molecule has 1 heterocycles. The number of benzene rings is 1. The van der Waals surface area contributed by atoms with E-state index in [0.717, 1.165) is 4.90 Å². The predicted molar refractivity (Wildman–Crippen MR) is 78.4 cm³/mol. The molecular formula is C12H11Cl2NS2. The van der Waals surface area contributed by atoms with Gasteiger partial charge in [0.25, 0.3) is 0 Å². The van der Waals surface area contributed by atoms with Gasteiger partial charge in [-0.2, -0.15) is 0 Å². The van der Waals surface area contributed by atoms with Crippen molar-refractivity contribution in [3.8, 4) is 0 Å². The van der Waals surface area contributed by atoms with Gasteiger partial charge in [0.2, 0.25) is 0 Å². The zero-order valence-corrected chi connectivity index (χ0v) is 12.0. The molecule has 0 saturated heterocycles. The second-order valence-corrected chi connectivity index (χ2v) is 6.50. The van der Waals surface area contributed by atoms with Crippen LogP contribution in [0.15, 0.2) is 40.6 Å². The molecule has 90 valence electrons. The summed E-state index contributed by atoms with van der Waals surface area (Å²) in [6, 6.07) is 9.80. The second-order valence-electron chi connectivity index (χ2n) is 3.43. The fraction of sp³-hybridized carbons (Fsp3) is 0.167. The first-order valence-corrected chi connectivity index (χ1v) is 7.57. The summed E-state index contributed by atoms with van der Waals surface area (Å²) in [6.07, 6.45) is 0. The van der Waals surface area contributed by atoms with E-state index in [-0.39, 0.29) is 5.25 Å². The molecule has 1 nitrogen and oxygen atoms in total. The summed E-state index contributed by atoms with van der Waals surface area (Å²) < 4.78 is 0. The molecule has 1 aromatic heterocycles. The van der Waals surface area contributed by atoms with Gasteiger partial charge in [0, 0.05) is 16.3 Å². The quantitative estimate of drug-likeness (QED) is 0.817. The van der Waals surface area contributed by atoms with Crippen LogP contribution in [0.5, 0.6) is 0 Å². The van der Waals surface area contributed by atoms with Gasteiger partial charge >= 0.3 is 0 Å². The minimum absolute atomic E-state index is 0.271. The molecule has 0 radical (unpaired) electrons. The van der Waals surface area contributed by atoms with Crippen LogP contribution < -0.4 is 5.73 Å². The fourth-order valence-corrected chi connectivity index (χ4v) is 3.76. The van der Waals surface area contributed by atoms with Crippen LogP contribution in [0.4, 0.5) is 0 Å². The van der Waals surface area contributed by atoms with Gasteiger partial charge in [0.15, 0.2) is 0 Å². The Kier molecular flexibility index (Phi) is 4.77. The lowest BCUT2D eigenvalue weighted by molar-refractivity contribution is 0.960. The van der Waals surface area contributed by atoms with Crippen LogP contribution in [0.3, 0.4) is 0 Å². The molecule has 0 spiro atoms. The number of thiophene rings is 1. The first-order valence-electron chi connectivity index (χ1n) is 5.06. The van der Waals surface area contributed by atoms with Gasteiger partial charge < -0.3 is 5.73 Å². The fourth-order valence-electron chi connectivity index (χ4n) is 1.41. The average Bonchev–Trinajstić information content (AvgIpc) is 2.84. The molecule has 5 heteroatoms. The molecule has 0 fully saturated rings. The molecule has 1 aromatic carbocycles. The van der Waals surface area contributed by atoms with Crippen LogP contribution in [-0.2, 0) is 0 Å². The SMILES string of the molecule is NCC(Sc1ccc(Cl)c(Cl)c1)c1cccs1. The van der Waals surface area contributed by atoms with E-state index in [1.807, 2.05) is 24.3 Å². The molecule has 2 N–H and O–H groups in total. The van der Waals surface area contributed by atoms with Crippen molar-refractivity contribution in [1.29, 1.82) is 0 Å². The van der Waals surface area contributed by atoms with Gasteiger partial charge in [-0.25, -0.2) is 0 Å². The van der Waals surface area contributed by atoms with E-state index in [9.17, 15) is 0 Å². The van der Waals surface area contributed by atoms with Gasteiger partial charge in [-0.3, -0.25) is 0 Å². The number of rotatable bonds is 4. The van der Waals surface area contributed by atoms with Gasteiger partial charge in [-0.15, -0.1) is 23.1 Å². The average molecular weight is 304 g/mol. The van der Waals surface area contributed by atoms with E-state index >= 15 is 0 Å². The minimum atomic E-state index is 0.271. The number of halogens is 2. The lowest BCUT2D eigenvalue weighted by Crippen LogP contribution is -2.07. The summed E-state index contributed by atoms with van der Waals surface area (Å²) in [5.74, 6) is 0. The van der Waals surface area contributed by atoms with Crippen molar-refractivity contribution in [2.45, 2.75) is 10.1 Å². The highest BCUT2D eigenvalue weighted by molar-refractivity contribution is 7.99. The lowest BCUT2D eigenvalue weighted by Gasteiger charge is -2.12. The zero-order valence-electron chi connectivity index (χ0n) is 8.90. The number of nitrogens with two attached hydrogens (primary N) is 1. The van der Waals surface area contributed by atoms with E-state index in [2.05, 4.69) is 11.4 Å². The van der Waals surface area contributed by atoms with Gasteiger partial charge in [-0.1, -0.05) is 29.3 Å². The second kappa shape index (κ2) is 6.12. The van der Waals surface area contributed by atoms with Crippen LogP contribution >= 0.6 is 46.3 Å². The molecule has 0 amide bonds. The number of hydrogen-bond donors (Lipinski definition) is 1. The molecule has 1 atom stereocenters. The molecule has 0 aliphatic heterocycles. The Morgan fingerprint density at radius 1 is 1.24 bits per heavy atom. The molecule has 2 aromatic rings. The van der Waals surface area contributed by atoms with Crippen molar-refractivity contribution in [1.82, 2.24) is 0 Å². The van der Waals surface area contributed by atoms with Crippen LogP contribution in [0.2, 0.25) is 10.0 Å². The largest absolute Gasteiger partial charge is 0.329 e. The van der Waals surface area contributed by atoms with Crippen molar-refractivity contribution in [3.05, 3.63) is 50.6 Å². The molecule has 0 aliphatic rings. The van der Waals surface area contributed by atoms with Crippen molar-refractivity contribution in [2.75, 3.05) is 6.54 Å². The van der Waals surface area contributed by atoms with E-state index in [4.69, 9.17) is 28.9 Å². The molecule has 0 bridgehead atoms. The highest BCUT2D eigenvalue weighted by atomic mass is 35.5. The van der Waals surface area contributed by atoms with Crippen molar-refractivity contribution in [3.63, 3.8) is 0 Å². The molecular weight excluding hydrogens is 293 g/mol. The predicted octanol–water partition coefficient (Wildman–Crippen LogP) is 4.85. The Balaban J connectivity index is 2.16. The van der Waals surface area contributed by atoms with Crippen molar-refractivity contribution in [2.24, 2.45) is 5.73 Å². The smallest absolute Gasteiger partial charge is 0.0603 e. The Morgan fingerprint density at radius 2 is 2.06 bits per heavy atom. The van der Waals surface area contributed by atoms with E-state index < -0.39 is 0 Å². The topological polar surface area (TPSA) is 26.0 Å². The highest BCUT2D eigenvalue weighted by Crippen LogP contribution is 2.38. The van der Waals surface area contributed by atoms with Crippen LogP contribution in [0.25, 0.3) is 0 Å². The first kappa shape index (κ1) is 13.2. The zero-order chi connectivity index (χ0) is 12.3. The Hall–Kier alpha value is -0.190. The third kappa shape index (κ3) is 3.39. The number of hydrogen-bond acceptors (Lipinski definition) is 3. The molecule has 1 unspecified atom stereocenters. The van der Waals surface area contributed by atoms with E-state index in [1.165, 1.54) is 4.88 Å². The number of thioether (sulfide) groups is 1. The summed E-state index contributed by atoms with van der Waals surface area (Å²) in [6.45, 7) is 0.603. The van der Waals surface area contributed by atoms with Crippen LogP contribution in [0, 0.1) is 0 Å². The van der Waals surface area contributed by atoms with Crippen molar-refractivity contribution < 1.29 is 0 Å². The summed E-state index contributed by atoms with van der Waals surface area (Å²) >= 11 is 15.3. The normalized spacial score (nSPS) is 12.6. The lowest BCUT2D eigenvalue weighted by atomic mass is 10.3. The summed E-state index contributed by atoms with van der Waals surface area (Å²) in [5.41, 5.74) is 5.81. The molecule has 17 heavy (non-hydrogen) atoms. The van der Waals surface area contributed by atoms with Gasteiger partial charge in [-0.05, 0) is 29.6 Å². The van der Waals surface area contributed by atoms with Crippen molar-refractivity contribution >= 4 is 46.3 Å². The van der Waals surface area contributed by atoms with Gasteiger partial charge in [0.05, 0.1) is 15.3 Å². The Labute approximate surface area is 119 Å². The molecule has 0 aliphatic carbocycles. The maximum atomic E-state index is 5.99. The summed E-state index contributed by atoms with van der Waals surface area (Å²) in [5, 5.41) is 3.50. The summed E-state index contributed by atoms with van der Waals surface area (Å²) in [4.78, 5) is 2.37. The monoisotopic (exact) mass is 303 g/mol. The third-order valence-corrected chi connectivity index (χ3v) is 5.38. The maximum Gasteiger partial charge on any atom is 0.0603 e. The van der Waals surface area contributed by atoms with E-state index in [1.54, 1.807) is 23.1 Å². The Morgan fingerprint density at radius 3 is 2.65 bits per heavy atom. The van der Waals surface area contributed by atoms with Gasteiger partial charge in [0.1, 0.15) is 0 Å². The molecule has 2 rings (SSSR count). The first-order chi connectivity index (χ1) is 8.20. The highest BCUT2D eigenvalue weighted by Gasteiger charge is 2.13. The standard InChI is InChI=1S/C12H11Cl2NS2/c13-9-4-3-8(6-10(9)14)17-12(7-15)11-2-1-5-16-11/h1-6,12H,7,15H2. The third-order valence-electron chi connectivity index (χ3n) is 2.24. The minimum Gasteiger partial charge on any atom is -0.329 e. The van der Waals surface area contributed by atoms with Crippen LogP contribution in [-0.4, -0.2) is 6.54 Å². The van der Waals surface area contributed by atoms with Crippen LogP contribution in [0.1, 0.15) is 10.1 Å². The Bertz CT molecular complexity index is 485. The molecule has 0 saturated carbocycles. The summed E-state index contributed by atoms with van der Waals surface area (Å²) in [7, 11) is 0. The maximum absolute atomic E-state index is 5.99.